The Morgan fingerprint density at radius 3 is 0.545 bits per heavy atom. The van der Waals surface area contributed by atoms with Gasteiger partial charge in [-0.3, -0.25) is 0 Å². The molecule has 0 aliphatic rings. The summed E-state index contributed by atoms with van der Waals surface area (Å²) in [5, 5.41) is 12.5. The van der Waals surface area contributed by atoms with Gasteiger partial charge in [-0.05, 0) is 0 Å². The maximum Gasteiger partial charge on any atom is 2.00 e. The molecule has 0 atom stereocenters. The van der Waals surface area contributed by atoms with E-state index in [4.69, 9.17) is 23.7 Å². The van der Waals surface area contributed by atoms with Gasteiger partial charge in [0.25, 0.3) is 0 Å². The molecule has 0 aromatic rings. The quantitative estimate of drug-likeness (QED) is 0.272. The van der Waals surface area contributed by atoms with Crippen LogP contribution in [0.1, 0.15) is 0 Å². The molecule has 2 nitrogen and oxygen atoms in total. The third-order valence-corrected chi connectivity index (χ3v) is 0. The predicted molar refractivity (Wildman–Crippen MR) is 29.2 cm³/mol. The van der Waals surface area contributed by atoms with E-state index in [2.05, 4.69) is 0 Å². The Morgan fingerprint density at radius 2 is 0.545 bits per heavy atom. The molecule has 0 fully saturated rings. The van der Waals surface area contributed by atoms with E-state index in [1.807, 2.05) is 0 Å². The zero-order chi connectivity index (χ0) is 4.00. The number of hydrogen-bond donors (Lipinski definition) is 0. The molecule has 51 valence electrons. The first-order valence-electron chi connectivity index (χ1n) is 0.447. The fourth-order valence-electron chi connectivity index (χ4n) is 0. The van der Waals surface area contributed by atoms with Crippen LogP contribution < -0.4 is 56.6 Å². The van der Waals surface area contributed by atoms with Crippen molar-refractivity contribution in [2.75, 3.05) is 0 Å². The van der Waals surface area contributed by atoms with Crippen LogP contribution in [0.15, 0.2) is 0 Å². The largest absolute Gasteiger partial charge is 2.00 e. The fraction of sp³-hybridized carbons (Fsp3) is 0. The Labute approximate surface area is 118 Å². The van der Waals surface area contributed by atoms with Gasteiger partial charge in [-0.2, -0.15) is 0 Å². The van der Waals surface area contributed by atoms with Crippen LogP contribution in [-0.2, 0) is 16.8 Å². The minimum absolute atomic E-state index is 0. The van der Waals surface area contributed by atoms with Crippen molar-refractivity contribution in [3.63, 3.8) is 0 Å². The monoisotopic (exact) mass is 177 g/mol. The molecule has 0 aromatic carbocycles. The van der Waals surface area contributed by atoms with E-state index in [0.29, 0.717) is 0 Å². The van der Waals surface area contributed by atoms with Gasteiger partial charge >= 0.3 is 73.4 Å². The normalized spacial score (nSPS) is 0.364. The van der Waals surface area contributed by atoms with Crippen LogP contribution in [0.25, 0.3) is 0 Å². The summed E-state index contributed by atoms with van der Waals surface area (Å²) in [4.78, 5) is 0. The van der Waals surface area contributed by atoms with Crippen molar-refractivity contribution in [1.29, 1.82) is 10.5 Å². The van der Waals surface area contributed by atoms with Crippen LogP contribution >= 0.6 is 0 Å². The van der Waals surface area contributed by atoms with Gasteiger partial charge in [-0.1, -0.05) is 0 Å². The van der Waals surface area contributed by atoms with E-state index in [9.17, 15) is 0 Å². The van der Waals surface area contributed by atoms with Gasteiger partial charge in [-0.15, -0.1) is 0 Å². The molecule has 0 aromatic heterocycles. The van der Waals surface area contributed by atoms with Gasteiger partial charge in [0.1, 0.15) is 0 Å². The maximum atomic E-state index is 6.25. The van der Waals surface area contributed by atoms with Crippen LogP contribution in [0, 0.1) is 45.9 Å². The second-order valence-corrected chi connectivity index (χ2v) is 0. The molecular formula is C5H9CoLi3N2. The summed E-state index contributed by atoms with van der Waals surface area (Å²) in [6.45, 7) is 9.50. The van der Waals surface area contributed by atoms with E-state index in [0.717, 1.165) is 0 Å². The van der Waals surface area contributed by atoms with Crippen LogP contribution in [-0.4, -0.2) is 0 Å². The third-order valence-electron chi connectivity index (χ3n) is 0. The van der Waals surface area contributed by atoms with Crippen molar-refractivity contribution < 1.29 is 73.4 Å². The molecule has 11 heavy (non-hydrogen) atoms. The molecule has 0 N–H and O–H groups in total. The summed E-state index contributed by atoms with van der Waals surface area (Å²) in [5.74, 6) is 0. The SMILES string of the molecule is [C-]#N.[C-]#N.[CH3-].[CH3-].[CH3-].[Co+2].[Li+].[Li+].[Li+]. The van der Waals surface area contributed by atoms with Gasteiger partial charge in [0.15, 0.2) is 0 Å². The summed E-state index contributed by atoms with van der Waals surface area (Å²) in [7, 11) is 0. The van der Waals surface area contributed by atoms with E-state index in [-0.39, 0.29) is 95.6 Å². The average molecular weight is 177 g/mol. The Hall–Kier alpha value is 1.28. The summed E-state index contributed by atoms with van der Waals surface area (Å²) < 4.78 is 0. The van der Waals surface area contributed by atoms with Gasteiger partial charge in [-0.25, -0.2) is 0 Å². The minimum Gasteiger partial charge on any atom is -0.512 e. The van der Waals surface area contributed by atoms with Crippen LogP contribution in [0.4, 0.5) is 0 Å². The molecule has 0 unspecified atom stereocenters. The van der Waals surface area contributed by atoms with Crippen LogP contribution in [0.3, 0.4) is 0 Å². The van der Waals surface area contributed by atoms with Gasteiger partial charge < -0.3 is 45.9 Å². The third kappa shape index (κ3) is 594. The fourth-order valence-corrected chi connectivity index (χ4v) is 0. The second-order valence-electron chi connectivity index (χ2n) is 0. The van der Waals surface area contributed by atoms with Gasteiger partial charge in [0, 0.05) is 0 Å². The summed E-state index contributed by atoms with van der Waals surface area (Å²) in [6, 6.07) is 0. The van der Waals surface area contributed by atoms with Gasteiger partial charge in [0.2, 0.25) is 0 Å². The zero-order valence-corrected chi connectivity index (χ0v) is 9.27. The Bertz CT molecular complexity index is 35.2. The molecule has 0 aliphatic heterocycles. The van der Waals surface area contributed by atoms with E-state index in [1.165, 1.54) is 0 Å². The zero-order valence-electron chi connectivity index (χ0n) is 8.23. The predicted octanol–water partition coefficient (Wildman–Crippen LogP) is -7.45. The van der Waals surface area contributed by atoms with E-state index in [1.54, 1.807) is 0 Å². The molecule has 0 bridgehead atoms. The van der Waals surface area contributed by atoms with Crippen molar-refractivity contribution in [2.45, 2.75) is 0 Å². The molecule has 0 saturated heterocycles. The van der Waals surface area contributed by atoms with Gasteiger partial charge in [0.05, 0.1) is 0 Å². The molecule has 0 heterocycles. The smallest absolute Gasteiger partial charge is 0.512 e. The Morgan fingerprint density at radius 1 is 0.545 bits per heavy atom. The molecule has 0 amide bonds. The molecular weight excluding hydrogens is 168 g/mol. The average Bonchev–Trinajstić information content (AvgIpc) is 1.50. The molecule has 0 saturated carbocycles. The standard InChI is InChI=1S/2CN.3CH3.Co.3Li/c2*1-2;;;;;;;/h;;3*1H3;;;;/q5*-1;+2;3*+1. The number of hydrogen-bond acceptors (Lipinski definition) is 2. The Kier molecular flexibility index (Phi) is 9630. The first-order valence-corrected chi connectivity index (χ1v) is 0.447. The first kappa shape index (κ1) is 145. The van der Waals surface area contributed by atoms with Crippen molar-refractivity contribution >= 4 is 0 Å². The molecule has 1 radical (unpaired) electrons. The van der Waals surface area contributed by atoms with Crippen molar-refractivity contribution in [3.05, 3.63) is 35.4 Å². The summed E-state index contributed by atoms with van der Waals surface area (Å²) >= 11 is 0. The molecule has 0 aliphatic carbocycles. The second kappa shape index (κ2) is 729. The Balaban J connectivity index is -0.000000000635. The topological polar surface area (TPSA) is 47.6 Å². The summed E-state index contributed by atoms with van der Waals surface area (Å²) in [6.07, 6.45) is 0. The van der Waals surface area contributed by atoms with Crippen molar-refractivity contribution in [2.24, 2.45) is 0 Å². The van der Waals surface area contributed by atoms with E-state index < -0.39 is 0 Å². The molecule has 0 spiro atoms. The minimum atomic E-state index is 0. The number of nitrogens with zero attached hydrogens (tertiary/aromatic N) is 2. The first-order chi connectivity index (χ1) is 2.00. The van der Waals surface area contributed by atoms with Crippen LogP contribution in [0.2, 0.25) is 0 Å². The van der Waals surface area contributed by atoms with Crippen LogP contribution in [0.5, 0.6) is 0 Å². The van der Waals surface area contributed by atoms with Crippen molar-refractivity contribution in [1.82, 2.24) is 0 Å². The summed E-state index contributed by atoms with van der Waals surface area (Å²) in [5.41, 5.74) is 0. The molecule has 6 heteroatoms. The van der Waals surface area contributed by atoms with E-state index >= 15 is 0 Å². The molecule has 0 rings (SSSR count). The maximum absolute atomic E-state index is 6.25. The van der Waals surface area contributed by atoms with Crippen molar-refractivity contribution in [3.8, 4) is 0 Å². The number of rotatable bonds is 0.